The van der Waals surface area contributed by atoms with Gasteiger partial charge in [-0.25, -0.2) is 8.42 Å². The van der Waals surface area contributed by atoms with E-state index in [9.17, 15) is 18.0 Å². The number of nitrogens with one attached hydrogen (secondary N) is 1. The number of carbonyl (C=O) groups excluding carboxylic acids is 2. The highest BCUT2D eigenvalue weighted by Gasteiger charge is 2.32. The van der Waals surface area contributed by atoms with Crippen LogP contribution < -0.4 is 10.1 Å². The molecule has 1 aliphatic rings. The normalized spacial score (nSPS) is 14.7. The topological polar surface area (TPSA) is 105 Å². The van der Waals surface area contributed by atoms with Crippen molar-refractivity contribution in [1.29, 1.82) is 0 Å². The highest BCUT2D eigenvalue weighted by atomic mass is 32.2. The Morgan fingerprint density at radius 3 is 2.20 bits per heavy atom. The number of benzene rings is 3. The van der Waals surface area contributed by atoms with Gasteiger partial charge in [0.05, 0.1) is 18.1 Å². The molecule has 10 heteroatoms. The fourth-order valence-corrected chi connectivity index (χ4v) is 5.84. The zero-order valence-corrected chi connectivity index (χ0v) is 23.4. The van der Waals surface area contributed by atoms with E-state index in [2.05, 4.69) is 5.32 Å². The van der Waals surface area contributed by atoms with Gasteiger partial charge in [-0.05, 0) is 41.8 Å². The molecule has 212 valence electrons. The Balaban J connectivity index is 1.53. The molecule has 2 amide bonds. The summed E-state index contributed by atoms with van der Waals surface area (Å²) in [6.07, 6.45) is 0.764. The standard InChI is InChI=1S/C30H35N3O6S/c1-2-17-31-30(35)29(25-11-7-4-8-12-25)33(22-24-9-5-3-6-10-24)28(34)23-39-26-13-15-27(16-14-26)40(36,37)32-18-20-38-21-19-32/h3-16,29H,2,17-23H2,1H3,(H,31,35)/t29-/m0/s1. The molecule has 0 saturated carbocycles. The Bertz CT molecular complexity index is 1350. The molecule has 40 heavy (non-hydrogen) atoms. The fourth-order valence-electron chi connectivity index (χ4n) is 4.43. The molecule has 3 aromatic rings. The van der Waals surface area contributed by atoms with Crippen molar-refractivity contribution in [2.24, 2.45) is 0 Å². The van der Waals surface area contributed by atoms with Gasteiger partial charge in [-0.1, -0.05) is 67.6 Å². The minimum atomic E-state index is -3.64. The number of hydrogen-bond acceptors (Lipinski definition) is 6. The highest BCUT2D eigenvalue weighted by molar-refractivity contribution is 7.89. The van der Waals surface area contributed by atoms with Crippen LogP contribution in [0.2, 0.25) is 0 Å². The van der Waals surface area contributed by atoms with Gasteiger partial charge in [-0.3, -0.25) is 9.59 Å². The number of nitrogens with zero attached hydrogens (tertiary/aromatic N) is 2. The predicted molar refractivity (Wildman–Crippen MR) is 151 cm³/mol. The van der Waals surface area contributed by atoms with Crippen molar-refractivity contribution in [1.82, 2.24) is 14.5 Å². The molecular formula is C30H35N3O6S. The Hall–Kier alpha value is -3.73. The van der Waals surface area contributed by atoms with E-state index in [4.69, 9.17) is 9.47 Å². The second kappa shape index (κ2) is 14.1. The van der Waals surface area contributed by atoms with Crippen molar-refractivity contribution in [3.63, 3.8) is 0 Å². The molecule has 1 aliphatic heterocycles. The van der Waals surface area contributed by atoms with Gasteiger partial charge in [0.1, 0.15) is 11.8 Å². The SMILES string of the molecule is CCCNC(=O)[C@H](c1ccccc1)N(Cc1ccccc1)C(=O)COc1ccc(S(=O)(=O)N2CCOCC2)cc1. The summed E-state index contributed by atoms with van der Waals surface area (Å²) in [5.41, 5.74) is 1.57. The summed E-state index contributed by atoms with van der Waals surface area (Å²) >= 11 is 0. The summed E-state index contributed by atoms with van der Waals surface area (Å²) < 4.78 is 38.3. The summed E-state index contributed by atoms with van der Waals surface area (Å²) in [4.78, 5) is 28.7. The smallest absolute Gasteiger partial charge is 0.261 e. The molecule has 9 nitrogen and oxygen atoms in total. The number of carbonyl (C=O) groups is 2. The van der Waals surface area contributed by atoms with Gasteiger partial charge in [0, 0.05) is 26.2 Å². The van der Waals surface area contributed by atoms with Crippen LogP contribution in [0.3, 0.4) is 0 Å². The lowest BCUT2D eigenvalue weighted by molar-refractivity contribution is -0.143. The van der Waals surface area contributed by atoms with Crippen LogP contribution in [0.5, 0.6) is 5.75 Å². The van der Waals surface area contributed by atoms with Crippen molar-refractivity contribution in [3.05, 3.63) is 96.1 Å². The monoisotopic (exact) mass is 565 g/mol. The minimum Gasteiger partial charge on any atom is -0.484 e. The van der Waals surface area contributed by atoms with E-state index >= 15 is 0 Å². The first-order chi connectivity index (χ1) is 19.4. The third-order valence-electron chi connectivity index (χ3n) is 6.53. The molecule has 0 aliphatic carbocycles. The third kappa shape index (κ3) is 7.47. The summed E-state index contributed by atoms with van der Waals surface area (Å²) in [7, 11) is -3.64. The van der Waals surface area contributed by atoms with E-state index in [0.29, 0.717) is 44.2 Å². The first kappa shape index (κ1) is 29.3. The maximum atomic E-state index is 13.7. The fraction of sp³-hybridized carbons (Fsp3) is 0.333. The lowest BCUT2D eigenvalue weighted by Crippen LogP contribution is -2.45. The van der Waals surface area contributed by atoms with E-state index in [-0.39, 0.29) is 29.9 Å². The van der Waals surface area contributed by atoms with Crippen LogP contribution >= 0.6 is 0 Å². The van der Waals surface area contributed by atoms with Crippen LogP contribution in [0.1, 0.15) is 30.5 Å². The molecule has 3 aromatic carbocycles. The van der Waals surface area contributed by atoms with E-state index in [1.165, 1.54) is 33.5 Å². The van der Waals surface area contributed by atoms with Crippen LogP contribution in [0, 0.1) is 0 Å². The Morgan fingerprint density at radius 2 is 1.57 bits per heavy atom. The maximum absolute atomic E-state index is 13.7. The molecule has 1 heterocycles. The van der Waals surface area contributed by atoms with E-state index in [0.717, 1.165) is 12.0 Å². The zero-order chi connectivity index (χ0) is 28.4. The second-order valence-corrected chi connectivity index (χ2v) is 11.3. The summed E-state index contributed by atoms with van der Waals surface area (Å²) in [5.74, 6) is -0.301. The minimum absolute atomic E-state index is 0.149. The lowest BCUT2D eigenvalue weighted by atomic mass is 10.0. The predicted octanol–water partition coefficient (Wildman–Crippen LogP) is 3.38. The molecule has 0 spiro atoms. The van der Waals surface area contributed by atoms with Gasteiger partial charge >= 0.3 is 0 Å². The Morgan fingerprint density at radius 1 is 0.950 bits per heavy atom. The van der Waals surface area contributed by atoms with Gasteiger partial charge < -0.3 is 19.7 Å². The van der Waals surface area contributed by atoms with Gasteiger partial charge in [0.15, 0.2) is 6.61 Å². The Labute approximate surface area is 235 Å². The van der Waals surface area contributed by atoms with Crippen LogP contribution in [-0.2, 0) is 30.9 Å². The first-order valence-corrected chi connectivity index (χ1v) is 14.8. The zero-order valence-electron chi connectivity index (χ0n) is 22.6. The number of amides is 2. The van der Waals surface area contributed by atoms with E-state index in [1.54, 1.807) is 0 Å². The number of sulfonamides is 1. The van der Waals surface area contributed by atoms with Crippen molar-refractivity contribution in [2.45, 2.75) is 30.8 Å². The molecule has 4 rings (SSSR count). The van der Waals surface area contributed by atoms with Crippen molar-refractivity contribution in [2.75, 3.05) is 39.5 Å². The average Bonchev–Trinajstić information content (AvgIpc) is 3.00. The number of ether oxygens (including phenoxy) is 2. The summed E-state index contributed by atoms with van der Waals surface area (Å²) in [6.45, 7) is 3.68. The van der Waals surface area contributed by atoms with Gasteiger partial charge in [0.25, 0.3) is 5.91 Å². The molecule has 1 saturated heterocycles. The van der Waals surface area contributed by atoms with Crippen LogP contribution in [0.15, 0.2) is 89.8 Å². The summed E-state index contributed by atoms with van der Waals surface area (Å²) in [6, 6.07) is 23.8. The van der Waals surface area contributed by atoms with Gasteiger partial charge in [0.2, 0.25) is 15.9 Å². The molecule has 0 radical (unpaired) electrons. The molecule has 0 aromatic heterocycles. The first-order valence-electron chi connectivity index (χ1n) is 13.4. The number of morpholine rings is 1. The lowest BCUT2D eigenvalue weighted by Gasteiger charge is -2.31. The highest BCUT2D eigenvalue weighted by Crippen LogP contribution is 2.25. The number of hydrogen-bond donors (Lipinski definition) is 1. The average molecular weight is 566 g/mol. The molecule has 0 bridgehead atoms. The van der Waals surface area contributed by atoms with Crippen LogP contribution in [0.4, 0.5) is 0 Å². The largest absolute Gasteiger partial charge is 0.484 e. The number of rotatable bonds is 12. The van der Waals surface area contributed by atoms with Crippen molar-refractivity contribution in [3.8, 4) is 5.75 Å². The van der Waals surface area contributed by atoms with E-state index < -0.39 is 16.1 Å². The van der Waals surface area contributed by atoms with E-state index in [1.807, 2.05) is 67.6 Å². The third-order valence-corrected chi connectivity index (χ3v) is 8.45. The molecule has 1 fully saturated rings. The van der Waals surface area contributed by atoms with Crippen LogP contribution in [0.25, 0.3) is 0 Å². The van der Waals surface area contributed by atoms with Crippen molar-refractivity contribution >= 4 is 21.8 Å². The second-order valence-electron chi connectivity index (χ2n) is 9.39. The molecule has 0 unspecified atom stereocenters. The van der Waals surface area contributed by atoms with Gasteiger partial charge in [-0.15, -0.1) is 0 Å². The van der Waals surface area contributed by atoms with Crippen molar-refractivity contribution < 1.29 is 27.5 Å². The quantitative estimate of drug-likeness (QED) is 0.361. The maximum Gasteiger partial charge on any atom is 0.261 e. The molecule has 1 atom stereocenters. The van der Waals surface area contributed by atoms with Crippen LogP contribution in [-0.4, -0.2) is 68.9 Å². The molecule has 1 N–H and O–H groups in total. The van der Waals surface area contributed by atoms with Gasteiger partial charge in [-0.2, -0.15) is 4.31 Å². The molecular weight excluding hydrogens is 530 g/mol. The Kier molecular flexibility index (Phi) is 10.3. The summed E-state index contributed by atoms with van der Waals surface area (Å²) in [5, 5.41) is 2.93.